The molecular weight excluding hydrogens is 274 g/mol. The minimum Gasteiger partial charge on any atom is -0.479 e. The molecule has 0 bridgehead atoms. The van der Waals surface area contributed by atoms with E-state index in [1.165, 1.54) is 0 Å². The Bertz CT molecular complexity index is 496. The summed E-state index contributed by atoms with van der Waals surface area (Å²) >= 11 is 0. The van der Waals surface area contributed by atoms with Crippen LogP contribution >= 0.6 is 0 Å². The normalized spacial score (nSPS) is 24.0. The second-order valence-electron chi connectivity index (χ2n) is 5.06. The number of rotatable bonds is 6. The van der Waals surface area contributed by atoms with Gasteiger partial charge < -0.3 is 19.9 Å². The van der Waals surface area contributed by atoms with Gasteiger partial charge in [0, 0.05) is 19.4 Å². The monoisotopic (exact) mass is 293 g/mol. The molecular formula is C15H19NO5. The minimum absolute atomic E-state index is 0.108. The van der Waals surface area contributed by atoms with Crippen molar-refractivity contribution in [1.29, 1.82) is 0 Å². The zero-order valence-electron chi connectivity index (χ0n) is 11.9. The fourth-order valence-corrected chi connectivity index (χ4v) is 2.36. The van der Waals surface area contributed by atoms with Crippen LogP contribution in [0.2, 0.25) is 0 Å². The van der Waals surface area contributed by atoms with E-state index in [9.17, 15) is 14.7 Å². The summed E-state index contributed by atoms with van der Waals surface area (Å²) in [6, 6.07) is 9.20. The molecule has 0 unspecified atom stereocenters. The number of carboxylic acids is 1. The van der Waals surface area contributed by atoms with E-state index in [-0.39, 0.29) is 25.6 Å². The van der Waals surface area contributed by atoms with E-state index in [1.54, 1.807) is 0 Å². The van der Waals surface area contributed by atoms with Crippen molar-refractivity contribution in [2.24, 2.45) is 0 Å². The number of aliphatic carboxylic acids is 1. The number of hydrogen-bond acceptors (Lipinski definition) is 4. The summed E-state index contributed by atoms with van der Waals surface area (Å²) in [7, 11) is 0. The van der Waals surface area contributed by atoms with Crippen molar-refractivity contribution in [2.75, 3.05) is 6.61 Å². The van der Waals surface area contributed by atoms with Gasteiger partial charge in [-0.05, 0) is 12.5 Å². The predicted octanol–water partition coefficient (Wildman–Crippen LogP) is 1.94. The predicted molar refractivity (Wildman–Crippen MR) is 74.8 cm³/mol. The van der Waals surface area contributed by atoms with Crippen molar-refractivity contribution in [3.63, 3.8) is 0 Å². The second-order valence-corrected chi connectivity index (χ2v) is 5.06. The van der Waals surface area contributed by atoms with Crippen molar-refractivity contribution < 1.29 is 24.2 Å². The van der Waals surface area contributed by atoms with Crippen LogP contribution in [0.1, 0.15) is 25.3 Å². The molecule has 114 valence electrons. The number of carboxylic acid groups (broad SMARTS) is 1. The Balaban J connectivity index is 1.84. The summed E-state index contributed by atoms with van der Waals surface area (Å²) in [4.78, 5) is 23.1. The van der Waals surface area contributed by atoms with Gasteiger partial charge in [0.25, 0.3) is 0 Å². The molecule has 0 saturated heterocycles. The lowest BCUT2D eigenvalue weighted by molar-refractivity contribution is -0.157. The Labute approximate surface area is 123 Å². The van der Waals surface area contributed by atoms with Crippen LogP contribution in [0.4, 0.5) is 4.79 Å². The zero-order chi connectivity index (χ0) is 15.3. The van der Waals surface area contributed by atoms with Crippen molar-refractivity contribution in [3.05, 3.63) is 35.9 Å². The molecule has 0 heterocycles. The highest BCUT2D eigenvalue weighted by Crippen LogP contribution is 2.35. The third-order valence-electron chi connectivity index (χ3n) is 3.52. The van der Waals surface area contributed by atoms with Gasteiger partial charge in [-0.15, -0.1) is 0 Å². The molecule has 2 rings (SSSR count). The van der Waals surface area contributed by atoms with Crippen molar-refractivity contribution in [2.45, 2.75) is 38.0 Å². The average molecular weight is 293 g/mol. The molecule has 1 aliphatic carbocycles. The van der Waals surface area contributed by atoms with Gasteiger partial charge in [0.2, 0.25) is 0 Å². The number of carbonyl (C=O) groups excluding carboxylic acids is 1. The van der Waals surface area contributed by atoms with Gasteiger partial charge in [-0.3, -0.25) is 0 Å². The fraction of sp³-hybridized carbons (Fsp3) is 0.467. The van der Waals surface area contributed by atoms with E-state index >= 15 is 0 Å². The summed E-state index contributed by atoms with van der Waals surface area (Å²) in [6.45, 7) is 2.48. The van der Waals surface area contributed by atoms with Crippen LogP contribution in [-0.2, 0) is 20.9 Å². The Morgan fingerprint density at radius 3 is 2.57 bits per heavy atom. The number of hydrogen-bond donors (Lipinski definition) is 2. The number of nitrogens with one attached hydrogen (secondary N) is 1. The van der Waals surface area contributed by atoms with Crippen LogP contribution in [0.3, 0.4) is 0 Å². The third kappa shape index (κ3) is 3.72. The van der Waals surface area contributed by atoms with Gasteiger partial charge in [0.15, 0.2) is 0 Å². The van der Waals surface area contributed by atoms with E-state index in [4.69, 9.17) is 9.47 Å². The molecule has 0 aliphatic heterocycles. The Kier molecular flexibility index (Phi) is 4.80. The highest BCUT2D eigenvalue weighted by Gasteiger charge is 2.52. The molecule has 0 aromatic heterocycles. The summed E-state index contributed by atoms with van der Waals surface area (Å²) in [5.74, 6) is -1.06. The van der Waals surface area contributed by atoms with E-state index < -0.39 is 17.6 Å². The highest BCUT2D eigenvalue weighted by atomic mass is 16.5. The Morgan fingerprint density at radius 2 is 2.00 bits per heavy atom. The van der Waals surface area contributed by atoms with Crippen LogP contribution in [0, 0.1) is 0 Å². The molecule has 0 radical (unpaired) electrons. The largest absolute Gasteiger partial charge is 0.479 e. The first-order chi connectivity index (χ1) is 10.1. The van der Waals surface area contributed by atoms with Crippen molar-refractivity contribution in [3.8, 4) is 0 Å². The molecule has 0 spiro atoms. The van der Waals surface area contributed by atoms with Gasteiger partial charge in [-0.25, -0.2) is 9.59 Å². The minimum atomic E-state index is -1.27. The average Bonchev–Trinajstić information content (AvgIpc) is 2.43. The number of benzene rings is 1. The maximum atomic E-state index is 11.8. The molecule has 1 saturated carbocycles. The molecule has 21 heavy (non-hydrogen) atoms. The van der Waals surface area contributed by atoms with Gasteiger partial charge in [-0.1, -0.05) is 30.3 Å². The summed E-state index contributed by atoms with van der Waals surface area (Å²) < 4.78 is 10.4. The molecule has 1 aliphatic rings. The standard InChI is InChI=1S/C15H19NO5/c1-2-20-12-8-15(9-12,13(17)18)16-14(19)21-10-11-6-4-3-5-7-11/h3-7,12H,2,8-10H2,1H3,(H,16,19)(H,17,18). The van der Waals surface area contributed by atoms with Crippen LogP contribution in [0.25, 0.3) is 0 Å². The summed E-state index contributed by atoms with van der Waals surface area (Å²) in [6.07, 6.45) is -0.329. The maximum absolute atomic E-state index is 11.8. The lowest BCUT2D eigenvalue weighted by Gasteiger charge is -2.43. The number of ether oxygens (including phenoxy) is 2. The van der Waals surface area contributed by atoms with Crippen molar-refractivity contribution >= 4 is 12.1 Å². The topological polar surface area (TPSA) is 84.9 Å². The second kappa shape index (κ2) is 6.58. The van der Waals surface area contributed by atoms with Gasteiger partial charge >= 0.3 is 12.1 Å². The molecule has 1 fully saturated rings. The molecule has 0 atom stereocenters. The first kappa shape index (κ1) is 15.3. The van der Waals surface area contributed by atoms with Gasteiger partial charge in [0.05, 0.1) is 6.10 Å². The number of alkyl carbamates (subject to hydrolysis) is 1. The van der Waals surface area contributed by atoms with E-state index in [2.05, 4.69) is 5.32 Å². The lowest BCUT2D eigenvalue weighted by atomic mass is 9.74. The van der Waals surface area contributed by atoms with E-state index in [1.807, 2.05) is 37.3 Å². The Hall–Kier alpha value is -2.08. The fourth-order valence-electron chi connectivity index (χ4n) is 2.36. The van der Waals surface area contributed by atoms with Crippen LogP contribution < -0.4 is 5.32 Å². The molecule has 6 heteroatoms. The van der Waals surface area contributed by atoms with Crippen molar-refractivity contribution in [1.82, 2.24) is 5.32 Å². The number of amides is 1. The maximum Gasteiger partial charge on any atom is 0.408 e. The van der Waals surface area contributed by atoms with E-state index in [0.29, 0.717) is 6.61 Å². The smallest absolute Gasteiger partial charge is 0.408 e. The van der Waals surface area contributed by atoms with Crippen LogP contribution in [0.15, 0.2) is 30.3 Å². The summed E-state index contributed by atoms with van der Waals surface area (Å²) in [5.41, 5.74) is -0.425. The third-order valence-corrected chi connectivity index (χ3v) is 3.52. The first-order valence-corrected chi connectivity index (χ1v) is 6.89. The van der Waals surface area contributed by atoms with E-state index in [0.717, 1.165) is 5.56 Å². The molecule has 2 N–H and O–H groups in total. The van der Waals surface area contributed by atoms with Crippen LogP contribution in [-0.4, -0.2) is 35.4 Å². The molecule has 6 nitrogen and oxygen atoms in total. The molecule has 1 amide bonds. The van der Waals surface area contributed by atoms with Gasteiger partial charge in [-0.2, -0.15) is 0 Å². The van der Waals surface area contributed by atoms with Crippen LogP contribution in [0.5, 0.6) is 0 Å². The quantitative estimate of drug-likeness (QED) is 0.837. The number of carbonyl (C=O) groups is 2. The SMILES string of the molecule is CCOC1CC(NC(=O)OCc2ccccc2)(C(=O)O)C1. The highest BCUT2D eigenvalue weighted by molar-refractivity contribution is 5.85. The zero-order valence-corrected chi connectivity index (χ0v) is 11.9. The van der Waals surface area contributed by atoms with Gasteiger partial charge in [0.1, 0.15) is 12.1 Å². The Morgan fingerprint density at radius 1 is 1.33 bits per heavy atom. The lowest BCUT2D eigenvalue weighted by Crippen LogP contribution is -2.64. The first-order valence-electron chi connectivity index (χ1n) is 6.89. The molecule has 1 aromatic rings. The molecule has 1 aromatic carbocycles. The summed E-state index contributed by atoms with van der Waals surface area (Å²) in [5, 5.41) is 11.7.